The number of carbonyl (C=O) groups excluding carboxylic acids is 1. The monoisotopic (exact) mass is 510 g/mol. The second-order valence-corrected chi connectivity index (χ2v) is 11.8. The second-order valence-electron chi connectivity index (χ2n) is 11.8. The number of nitrogens with zero attached hydrogens (tertiary/aromatic N) is 2. The lowest BCUT2D eigenvalue weighted by Crippen LogP contribution is -2.58. The molecule has 1 spiro atoms. The molecule has 2 heterocycles. The van der Waals surface area contributed by atoms with Crippen molar-refractivity contribution in [3.8, 4) is 5.75 Å². The summed E-state index contributed by atoms with van der Waals surface area (Å²) >= 11 is 0. The third kappa shape index (κ3) is 6.60. The molecule has 0 amide bonds. The van der Waals surface area contributed by atoms with E-state index in [-0.39, 0.29) is 11.9 Å². The maximum absolute atomic E-state index is 11.0. The van der Waals surface area contributed by atoms with Crippen molar-refractivity contribution in [2.45, 2.75) is 66.4 Å². The van der Waals surface area contributed by atoms with Crippen LogP contribution < -0.4 is 4.74 Å². The minimum atomic E-state index is 0.00158. The number of hydrogen-bond donors (Lipinski definition) is 0. The third-order valence-corrected chi connectivity index (χ3v) is 7.44. The number of likely N-dealkylation sites (tertiary alicyclic amines) is 1. The molecule has 4 nitrogen and oxygen atoms in total. The molecule has 1 aromatic heterocycles. The molecule has 1 aliphatic heterocycles. The van der Waals surface area contributed by atoms with E-state index < -0.39 is 0 Å². The fourth-order valence-electron chi connectivity index (χ4n) is 5.63. The highest BCUT2D eigenvalue weighted by Crippen LogP contribution is 2.54. The summed E-state index contributed by atoms with van der Waals surface area (Å²) < 4.78 is 5.39. The standard InChI is InChI=1S/C24H29N.C10H13NO2/c1-17(2)19-9-11-21(12-10-19)23(20-7-5-18(3)6-8-20)22-13-24(14-22)15-25(4)16-24;1-7(2)13-10-4-9(8(3)12)5-11-6-10/h5-12,17H,13-16H2,1-4H3;4-7H,1-3H3. The maximum Gasteiger partial charge on any atom is 0.161 e. The van der Waals surface area contributed by atoms with E-state index in [1.54, 1.807) is 17.8 Å². The van der Waals surface area contributed by atoms with E-state index in [0.717, 1.165) is 0 Å². The van der Waals surface area contributed by atoms with Crippen LogP contribution in [0.25, 0.3) is 5.57 Å². The summed E-state index contributed by atoms with van der Waals surface area (Å²) in [5.41, 5.74) is 9.79. The lowest BCUT2D eigenvalue weighted by Gasteiger charge is -2.56. The maximum atomic E-state index is 11.0. The number of ketones is 1. The number of hydrogen-bond acceptors (Lipinski definition) is 4. The third-order valence-electron chi connectivity index (χ3n) is 7.44. The number of pyridine rings is 1. The molecule has 3 aromatic rings. The number of ether oxygens (including phenoxy) is 1. The quantitative estimate of drug-likeness (QED) is 0.318. The Morgan fingerprint density at radius 2 is 1.47 bits per heavy atom. The molecular formula is C34H42N2O2. The van der Waals surface area contributed by atoms with Crippen LogP contribution in [-0.4, -0.2) is 41.9 Å². The van der Waals surface area contributed by atoms with Crippen molar-refractivity contribution in [2.75, 3.05) is 20.1 Å². The van der Waals surface area contributed by atoms with E-state index in [1.165, 1.54) is 66.9 Å². The molecule has 1 saturated heterocycles. The van der Waals surface area contributed by atoms with Gasteiger partial charge in [-0.3, -0.25) is 9.78 Å². The average Bonchev–Trinajstić information content (AvgIpc) is 2.83. The van der Waals surface area contributed by atoms with Crippen molar-refractivity contribution in [1.29, 1.82) is 0 Å². The zero-order chi connectivity index (χ0) is 27.4. The molecule has 0 bridgehead atoms. The number of allylic oxidation sites excluding steroid dienone is 1. The van der Waals surface area contributed by atoms with Crippen LogP contribution in [0.3, 0.4) is 0 Å². The van der Waals surface area contributed by atoms with Crippen molar-refractivity contribution < 1.29 is 9.53 Å². The number of rotatable bonds is 6. The van der Waals surface area contributed by atoms with Crippen LogP contribution in [0.1, 0.15) is 86.0 Å². The minimum Gasteiger partial charge on any atom is -0.489 e. The van der Waals surface area contributed by atoms with Gasteiger partial charge in [0, 0.05) is 30.3 Å². The van der Waals surface area contributed by atoms with Crippen LogP contribution >= 0.6 is 0 Å². The van der Waals surface area contributed by atoms with E-state index >= 15 is 0 Å². The van der Waals surface area contributed by atoms with Gasteiger partial charge in [-0.2, -0.15) is 0 Å². The molecule has 1 aliphatic carbocycles. The first-order valence-electron chi connectivity index (χ1n) is 13.8. The summed E-state index contributed by atoms with van der Waals surface area (Å²) in [7, 11) is 2.23. The summed E-state index contributed by atoms with van der Waals surface area (Å²) in [6, 6.07) is 20.0. The molecular weight excluding hydrogens is 468 g/mol. The number of benzene rings is 2. The van der Waals surface area contributed by atoms with Gasteiger partial charge in [-0.05, 0) is 81.8 Å². The van der Waals surface area contributed by atoms with Gasteiger partial charge in [-0.15, -0.1) is 0 Å². The van der Waals surface area contributed by atoms with Crippen LogP contribution in [0.4, 0.5) is 0 Å². The lowest BCUT2D eigenvalue weighted by atomic mass is 9.59. The van der Waals surface area contributed by atoms with Gasteiger partial charge >= 0.3 is 0 Å². The highest BCUT2D eigenvalue weighted by atomic mass is 16.5. The molecule has 0 atom stereocenters. The van der Waals surface area contributed by atoms with Crippen LogP contribution in [0, 0.1) is 12.3 Å². The van der Waals surface area contributed by atoms with Crippen molar-refractivity contribution in [3.63, 3.8) is 0 Å². The molecule has 0 unspecified atom stereocenters. The fourth-order valence-corrected chi connectivity index (χ4v) is 5.63. The number of aryl methyl sites for hydroxylation is 1. The van der Waals surface area contributed by atoms with Gasteiger partial charge < -0.3 is 9.64 Å². The molecule has 4 heteroatoms. The molecule has 2 aromatic carbocycles. The van der Waals surface area contributed by atoms with Gasteiger partial charge in [0.05, 0.1) is 12.3 Å². The number of Topliss-reactive ketones (excluding diaryl/α,β-unsaturated/α-hetero) is 1. The summed E-state index contributed by atoms with van der Waals surface area (Å²) in [4.78, 5) is 17.3. The smallest absolute Gasteiger partial charge is 0.161 e. The first kappa shape index (κ1) is 27.8. The van der Waals surface area contributed by atoms with Crippen LogP contribution in [0.15, 0.2) is 72.6 Å². The Morgan fingerprint density at radius 1 is 0.895 bits per heavy atom. The predicted octanol–water partition coefficient (Wildman–Crippen LogP) is 7.72. The van der Waals surface area contributed by atoms with Gasteiger partial charge in [-0.1, -0.05) is 73.5 Å². The van der Waals surface area contributed by atoms with E-state index in [2.05, 4.69) is 86.2 Å². The molecule has 0 radical (unpaired) electrons. The topological polar surface area (TPSA) is 42.4 Å². The summed E-state index contributed by atoms with van der Waals surface area (Å²) in [6.07, 6.45) is 5.78. The SMILES string of the molecule is CC(=O)c1cncc(OC(C)C)c1.Cc1ccc(C(=C2CC3(C2)CN(C)C3)c2ccc(C(C)C)cc2)cc1. The molecule has 38 heavy (non-hydrogen) atoms. The molecule has 2 aliphatic rings. The minimum absolute atomic E-state index is 0.00158. The zero-order valence-electron chi connectivity index (χ0n) is 24.0. The Hall–Kier alpha value is -3.24. The highest BCUT2D eigenvalue weighted by molar-refractivity contribution is 5.94. The predicted molar refractivity (Wildman–Crippen MR) is 157 cm³/mol. The van der Waals surface area contributed by atoms with Gasteiger partial charge in [-0.25, -0.2) is 0 Å². The normalized spacial score (nSPS) is 16.0. The van der Waals surface area contributed by atoms with Crippen molar-refractivity contribution in [2.24, 2.45) is 5.41 Å². The van der Waals surface area contributed by atoms with Gasteiger partial charge in [0.2, 0.25) is 0 Å². The molecule has 0 N–H and O–H groups in total. The van der Waals surface area contributed by atoms with Gasteiger partial charge in [0.1, 0.15) is 5.75 Å². The average molecular weight is 511 g/mol. The second kappa shape index (κ2) is 11.7. The van der Waals surface area contributed by atoms with Crippen molar-refractivity contribution in [1.82, 2.24) is 9.88 Å². The number of carbonyl (C=O) groups is 1. The summed E-state index contributed by atoms with van der Waals surface area (Å²) in [5.74, 6) is 1.23. The lowest BCUT2D eigenvalue weighted by molar-refractivity contribution is -0.0106. The van der Waals surface area contributed by atoms with E-state index in [4.69, 9.17) is 4.74 Å². The Bertz CT molecular complexity index is 1270. The van der Waals surface area contributed by atoms with E-state index in [9.17, 15) is 4.79 Å². The Labute approximate surface area is 228 Å². The van der Waals surface area contributed by atoms with Gasteiger partial charge in [0.15, 0.2) is 5.78 Å². The first-order chi connectivity index (χ1) is 18.0. The van der Waals surface area contributed by atoms with E-state index in [1.807, 2.05) is 13.8 Å². The Kier molecular flexibility index (Phi) is 8.52. The largest absolute Gasteiger partial charge is 0.489 e. The number of aromatic nitrogens is 1. The van der Waals surface area contributed by atoms with Crippen LogP contribution in [-0.2, 0) is 0 Å². The van der Waals surface area contributed by atoms with E-state index in [0.29, 0.717) is 22.6 Å². The van der Waals surface area contributed by atoms with Crippen LogP contribution in [0.2, 0.25) is 0 Å². The molecule has 5 rings (SSSR count). The molecule has 200 valence electrons. The Balaban J connectivity index is 0.000000219. The summed E-state index contributed by atoms with van der Waals surface area (Å²) in [5, 5.41) is 0. The first-order valence-corrected chi connectivity index (χ1v) is 13.8. The van der Waals surface area contributed by atoms with Gasteiger partial charge in [0.25, 0.3) is 0 Å². The fraction of sp³-hybridized carbons (Fsp3) is 0.412. The molecule has 1 saturated carbocycles. The summed E-state index contributed by atoms with van der Waals surface area (Å²) in [6.45, 7) is 14.6. The Morgan fingerprint density at radius 3 is 1.97 bits per heavy atom. The molecule has 2 fully saturated rings. The van der Waals surface area contributed by atoms with Crippen molar-refractivity contribution >= 4 is 11.4 Å². The highest BCUT2D eigenvalue weighted by Gasteiger charge is 2.49. The zero-order valence-corrected chi connectivity index (χ0v) is 24.0. The van der Waals surface area contributed by atoms with Crippen LogP contribution in [0.5, 0.6) is 5.75 Å². The van der Waals surface area contributed by atoms with Crippen molar-refractivity contribution in [3.05, 3.63) is 100 Å².